The third-order valence-corrected chi connectivity index (χ3v) is 1.25. The summed E-state index contributed by atoms with van der Waals surface area (Å²) in [6.45, 7) is 4.10. The second-order valence-corrected chi connectivity index (χ2v) is 2.12. The first kappa shape index (κ1) is 7.85. The molecule has 0 saturated carbocycles. The topological polar surface area (TPSA) is 29.1 Å². The molecule has 0 aliphatic rings. The Labute approximate surface area is 53.4 Å². The van der Waals surface area contributed by atoms with E-state index in [0.717, 1.165) is 6.42 Å². The van der Waals surface area contributed by atoms with E-state index < -0.39 is 0 Å². The molecule has 0 aliphatic heterocycles. The lowest BCUT2D eigenvalue weighted by Gasteiger charge is -2.02. The Morgan fingerprint density at radius 2 is 2.50 bits per heavy atom. The van der Waals surface area contributed by atoms with E-state index >= 15 is 0 Å². The lowest BCUT2D eigenvalue weighted by atomic mass is 10.3. The van der Waals surface area contributed by atoms with Crippen LogP contribution in [0.1, 0.15) is 20.3 Å². The summed E-state index contributed by atoms with van der Waals surface area (Å²) in [4.78, 5) is 0. The lowest BCUT2D eigenvalue weighted by molar-refractivity contribution is 0.651. The van der Waals surface area contributed by atoms with Crippen molar-refractivity contribution < 1.29 is 4.21 Å². The highest BCUT2D eigenvalue weighted by atomic mass is 32.1. The van der Waals surface area contributed by atoms with Crippen LogP contribution in [0, 0.1) is 0 Å². The van der Waals surface area contributed by atoms with Crippen LogP contribution in [0.25, 0.3) is 0 Å². The molecule has 0 aliphatic carbocycles. The van der Waals surface area contributed by atoms with Gasteiger partial charge < -0.3 is 0 Å². The number of hydrogen-bond acceptors (Lipinski definition) is 1. The Kier molecular flexibility index (Phi) is 4.90. The van der Waals surface area contributed by atoms with Gasteiger partial charge in [0, 0.05) is 6.04 Å². The third-order valence-electron chi connectivity index (χ3n) is 1.01. The molecule has 0 aromatic carbocycles. The van der Waals surface area contributed by atoms with Gasteiger partial charge in [-0.05, 0) is 13.3 Å². The molecular weight excluding hydrogens is 122 g/mol. The van der Waals surface area contributed by atoms with E-state index in [0.29, 0.717) is 17.3 Å². The van der Waals surface area contributed by atoms with Gasteiger partial charge in [0.05, 0.1) is 5.49 Å². The van der Waals surface area contributed by atoms with Gasteiger partial charge in [0.25, 0.3) is 0 Å². The van der Waals surface area contributed by atoms with Crippen LogP contribution in [0.5, 0.6) is 0 Å². The van der Waals surface area contributed by atoms with E-state index in [1.165, 1.54) is 5.49 Å². The minimum atomic E-state index is 0.427. The van der Waals surface area contributed by atoms with E-state index in [4.69, 9.17) is 0 Å². The summed E-state index contributed by atoms with van der Waals surface area (Å²) in [6.07, 6.45) is 1.05. The summed E-state index contributed by atoms with van der Waals surface area (Å²) >= 11 is 0.459. The maximum absolute atomic E-state index is 9.75. The fourth-order valence-electron chi connectivity index (χ4n) is 0.262. The molecule has 1 unspecified atom stereocenters. The molecule has 0 fully saturated rings. The van der Waals surface area contributed by atoms with Gasteiger partial charge in [-0.2, -0.15) is 0 Å². The number of rotatable bonds is 3. The molecule has 0 rings (SSSR count). The highest BCUT2D eigenvalue weighted by Gasteiger charge is 1.89. The predicted octanol–water partition coefficient (Wildman–Crippen LogP) is 0.347. The van der Waals surface area contributed by atoms with Gasteiger partial charge in [0.2, 0.25) is 0 Å². The molecule has 0 bridgehead atoms. The van der Waals surface area contributed by atoms with Crippen molar-refractivity contribution in [2.24, 2.45) is 0 Å². The molecule has 8 heavy (non-hydrogen) atoms. The molecule has 0 radical (unpaired) electrons. The highest BCUT2D eigenvalue weighted by molar-refractivity contribution is 7.64. The van der Waals surface area contributed by atoms with Crippen LogP contribution in [0.3, 0.4) is 0 Å². The molecule has 48 valence electrons. The Bertz CT molecular complexity index is 98.6. The molecule has 1 atom stereocenters. The van der Waals surface area contributed by atoms with Gasteiger partial charge in [-0.25, -0.2) is 4.21 Å². The Balaban J connectivity index is 3.23. The molecule has 0 aromatic heterocycles. The molecular formula is C5H11NOS. The minimum absolute atomic E-state index is 0.427. The van der Waals surface area contributed by atoms with E-state index in [2.05, 4.69) is 12.2 Å². The van der Waals surface area contributed by atoms with Crippen LogP contribution in [0.2, 0.25) is 0 Å². The fourth-order valence-corrected chi connectivity index (χ4v) is 0.550. The van der Waals surface area contributed by atoms with Crippen molar-refractivity contribution in [2.45, 2.75) is 26.3 Å². The summed E-state index contributed by atoms with van der Waals surface area (Å²) in [6, 6.07) is 0.427. The van der Waals surface area contributed by atoms with Crippen LogP contribution in [-0.4, -0.2) is 15.7 Å². The highest BCUT2D eigenvalue weighted by Crippen LogP contribution is 1.82. The Hall–Kier alpha value is -0.150. The summed E-state index contributed by atoms with van der Waals surface area (Å²) in [5, 5.41) is 2.91. The SMILES string of the molecule is CCC(C)NC=S=O. The molecule has 3 heteroatoms. The van der Waals surface area contributed by atoms with Crippen LogP contribution in [0.15, 0.2) is 0 Å². The summed E-state index contributed by atoms with van der Waals surface area (Å²) in [7, 11) is 0. The average molecular weight is 133 g/mol. The maximum Gasteiger partial charge on any atom is 0.100 e. The van der Waals surface area contributed by atoms with Crippen LogP contribution >= 0.6 is 0 Å². The first-order chi connectivity index (χ1) is 3.81. The first-order valence-electron chi connectivity index (χ1n) is 2.67. The van der Waals surface area contributed by atoms with E-state index in [1.807, 2.05) is 6.92 Å². The van der Waals surface area contributed by atoms with Crippen LogP contribution in [-0.2, 0) is 11.3 Å². The molecule has 0 aromatic rings. The fraction of sp³-hybridized carbons (Fsp3) is 0.800. The van der Waals surface area contributed by atoms with Crippen molar-refractivity contribution in [3.05, 3.63) is 0 Å². The molecule has 0 saturated heterocycles. The molecule has 1 N–H and O–H groups in total. The second kappa shape index (κ2) is 5.00. The monoisotopic (exact) mass is 133 g/mol. The zero-order valence-corrected chi connectivity index (χ0v) is 5.99. The predicted molar refractivity (Wildman–Crippen MR) is 37.1 cm³/mol. The lowest BCUT2D eigenvalue weighted by Crippen LogP contribution is -2.22. The van der Waals surface area contributed by atoms with Crippen molar-refractivity contribution in [2.75, 3.05) is 0 Å². The van der Waals surface area contributed by atoms with Gasteiger partial charge in [-0.3, -0.25) is 5.32 Å². The average Bonchev–Trinajstić information content (AvgIpc) is 1.83. The number of nitrogens with one attached hydrogen (secondary N) is 1. The van der Waals surface area contributed by atoms with E-state index in [-0.39, 0.29) is 0 Å². The van der Waals surface area contributed by atoms with Gasteiger partial charge >= 0.3 is 0 Å². The third kappa shape index (κ3) is 4.02. The summed E-state index contributed by atoms with van der Waals surface area (Å²) in [5.74, 6) is 0. The molecule has 2 nitrogen and oxygen atoms in total. The van der Waals surface area contributed by atoms with Crippen molar-refractivity contribution in [1.29, 1.82) is 0 Å². The normalized spacial score (nSPS) is 12.8. The van der Waals surface area contributed by atoms with Crippen molar-refractivity contribution in [3.63, 3.8) is 0 Å². The zero-order valence-electron chi connectivity index (χ0n) is 5.18. The smallest absolute Gasteiger partial charge is 0.100 e. The summed E-state index contributed by atoms with van der Waals surface area (Å²) in [5.41, 5.74) is 1.47. The first-order valence-corrected chi connectivity index (χ1v) is 3.48. The molecule has 0 heterocycles. The van der Waals surface area contributed by atoms with Crippen molar-refractivity contribution in [3.8, 4) is 0 Å². The van der Waals surface area contributed by atoms with E-state index in [1.54, 1.807) is 0 Å². The van der Waals surface area contributed by atoms with Gasteiger partial charge in [0.15, 0.2) is 0 Å². The molecule has 0 spiro atoms. The molecule has 0 amide bonds. The minimum Gasteiger partial charge on any atom is -0.281 e. The summed E-state index contributed by atoms with van der Waals surface area (Å²) < 4.78 is 9.75. The second-order valence-electron chi connectivity index (χ2n) is 1.69. The Morgan fingerprint density at radius 3 is 2.88 bits per heavy atom. The standard InChI is InChI=1S/C5H11NOS/c1-3-5(2)6-4-8-7/h4-6H,3H2,1-2H3. The van der Waals surface area contributed by atoms with E-state index in [9.17, 15) is 4.21 Å². The zero-order chi connectivity index (χ0) is 6.41. The number of hydrogen-bond donors (Lipinski definition) is 1. The van der Waals surface area contributed by atoms with Crippen LogP contribution in [0.4, 0.5) is 0 Å². The van der Waals surface area contributed by atoms with Crippen molar-refractivity contribution in [1.82, 2.24) is 5.32 Å². The van der Waals surface area contributed by atoms with Gasteiger partial charge in [-0.15, -0.1) is 0 Å². The maximum atomic E-state index is 9.75. The largest absolute Gasteiger partial charge is 0.281 e. The van der Waals surface area contributed by atoms with Gasteiger partial charge in [-0.1, -0.05) is 6.92 Å². The van der Waals surface area contributed by atoms with Crippen molar-refractivity contribution >= 4 is 16.7 Å². The quantitative estimate of drug-likeness (QED) is 0.563. The van der Waals surface area contributed by atoms with Gasteiger partial charge in [0.1, 0.15) is 11.3 Å². The van der Waals surface area contributed by atoms with Crippen LogP contribution < -0.4 is 5.32 Å². The Morgan fingerprint density at radius 1 is 1.88 bits per heavy atom.